The van der Waals surface area contributed by atoms with E-state index >= 15 is 0 Å². The van der Waals surface area contributed by atoms with Crippen molar-refractivity contribution in [1.82, 2.24) is 4.31 Å². The number of amides is 1. The number of para-hydroxylation sites is 1. The number of carbonyl (C=O) groups is 2. The number of benzene rings is 2. The van der Waals surface area contributed by atoms with Crippen molar-refractivity contribution < 1.29 is 22.7 Å². The molecule has 0 heterocycles. The molecule has 0 unspecified atom stereocenters. The molecule has 0 bridgehead atoms. The van der Waals surface area contributed by atoms with Gasteiger partial charge in [0, 0.05) is 26.8 Å². The minimum atomic E-state index is -3.57. The monoisotopic (exact) mass is 376 g/mol. The summed E-state index contributed by atoms with van der Waals surface area (Å²) < 4.78 is 30.1. The molecule has 0 aliphatic rings. The molecule has 2 aromatic rings. The molecule has 0 N–H and O–H groups in total. The average Bonchev–Trinajstić information content (AvgIpc) is 2.65. The summed E-state index contributed by atoms with van der Waals surface area (Å²) >= 11 is 0. The summed E-state index contributed by atoms with van der Waals surface area (Å²) in [7, 11) is 0.869. The van der Waals surface area contributed by atoms with Gasteiger partial charge in [0.2, 0.25) is 10.0 Å². The molecule has 2 aromatic carbocycles. The number of carbonyl (C=O) groups excluding carboxylic acids is 2. The highest BCUT2D eigenvalue weighted by Crippen LogP contribution is 2.15. The van der Waals surface area contributed by atoms with E-state index in [1.165, 1.54) is 43.3 Å². The van der Waals surface area contributed by atoms with Crippen LogP contribution >= 0.6 is 0 Å². The van der Waals surface area contributed by atoms with E-state index in [9.17, 15) is 18.0 Å². The van der Waals surface area contributed by atoms with E-state index in [1.54, 1.807) is 31.3 Å². The number of hydrogen-bond donors (Lipinski definition) is 0. The van der Waals surface area contributed by atoms with Gasteiger partial charge in [-0.15, -0.1) is 0 Å². The van der Waals surface area contributed by atoms with E-state index in [4.69, 9.17) is 4.74 Å². The summed E-state index contributed by atoms with van der Waals surface area (Å²) in [5, 5.41) is 0. The topological polar surface area (TPSA) is 84.0 Å². The quantitative estimate of drug-likeness (QED) is 0.717. The van der Waals surface area contributed by atoms with Gasteiger partial charge in [-0.3, -0.25) is 4.79 Å². The fourth-order valence-electron chi connectivity index (χ4n) is 2.08. The number of likely N-dealkylation sites (N-methyl/N-ethyl adjacent to an activating group) is 1. The van der Waals surface area contributed by atoms with Gasteiger partial charge in [0.15, 0.2) is 6.61 Å². The number of esters is 1. The Morgan fingerprint density at radius 3 is 2.04 bits per heavy atom. The minimum Gasteiger partial charge on any atom is -0.452 e. The molecule has 0 saturated carbocycles. The third kappa shape index (κ3) is 4.47. The minimum absolute atomic E-state index is 0.0685. The second-order valence-corrected chi connectivity index (χ2v) is 7.83. The van der Waals surface area contributed by atoms with E-state index in [1.807, 2.05) is 6.07 Å². The van der Waals surface area contributed by atoms with E-state index < -0.39 is 22.6 Å². The van der Waals surface area contributed by atoms with Crippen molar-refractivity contribution in [2.24, 2.45) is 0 Å². The molecule has 138 valence electrons. The second kappa shape index (κ2) is 8.11. The van der Waals surface area contributed by atoms with Gasteiger partial charge in [0.25, 0.3) is 5.91 Å². The molecule has 0 spiro atoms. The van der Waals surface area contributed by atoms with Crippen molar-refractivity contribution in [1.29, 1.82) is 0 Å². The lowest BCUT2D eigenvalue weighted by atomic mass is 10.2. The predicted molar refractivity (Wildman–Crippen MR) is 97.4 cm³/mol. The standard InChI is InChI=1S/C18H20N2O5S/c1-19(2)26(23,24)16-11-9-14(10-12-16)18(22)25-13-17(21)20(3)15-7-5-4-6-8-15/h4-12H,13H2,1-3H3. The maximum atomic E-state index is 12.1. The molecule has 26 heavy (non-hydrogen) atoms. The Kier molecular flexibility index (Phi) is 6.12. The third-order valence-corrected chi connectivity index (χ3v) is 5.54. The number of rotatable bonds is 6. The van der Waals surface area contributed by atoms with E-state index in [2.05, 4.69) is 0 Å². The normalized spacial score (nSPS) is 11.2. The molecule has 0 aromatic heterocycles. The Labute approximate surface area is 152 Å². The van der Waals surface area contributed by atoms with Gasteiger partial charge in [-0.2, -0.15) is 0 Å². The number of sulfonamides is 1. The first-order chi connectivity index (χ1) is 12.2. The molecule has 7 nitrogen and oxygen atoms in total. The van der Waals surface area contributed by atoms with Gasteiger partial charge < -0.3 is 9.64 Å². The molecule has 0 atom stereocenters. The lowest BCUT2D eigenvalue weighted by molar-refractivity contribution is -0.121. The molecule has 0 aliphatic carbocycles. The first-order valence-electron chi connectivity index (χ1n) is 7.75. The Hall–Kier alpha value is -2.71. The van der Waals surface area contributed by atoms with Crippen molar-refractivity contribution >= 4 is 27.6 Å². The third-order valence-electron chi connectivity index (χ3n) is 3.71. The highest BCUT2D eigenvalue weighted by molar-refractivity contribution is 7.89. The van der Waals surface area contributed by atoms with Crippen molar-refractivity contribution in [3.05, 3.63) is 60.2 Å². The summed E-state index contributed by atoms with van der Waals surface area (Å²) in [6, 6.07) is 14.3. The zero-order chi connectivity index (χ0) is 19.3. The summed E-state index contributed by atoms with van der Waals surface area (Å²) in [6.07, 6.45) is 0. The van der Waals surface area contributed by atoms with E-state index in [0.717, 1.165) is 4.31 Å². The smallest absolute Gasteiger partial charge is 0.338 e. The van der Waals surface area contributed by atoms with Gasteiger partial charge in [0.05, 0.1) is 10.5 Å². The number of anilines is 1. The summed E-state index contributed by atoms with van der Waals surface area (Å²) in [4.78, 5) is 25.6. The molecular weight excluding hydrogens is 356 g/mol. The molecule has 2 rings (SSSR count). The maximum Gasteiger partial charge on any atom is 0.338 e. The van der Waals surface area contributed by atoms with Crippen LogP contribution in [-0.2, 0) is 19.6 Å². The van der Waals surface area contributed by atoms with Crippen LogP contribution < -0.4 is 4.90 Å². The lowest BCUT2D eigenvalue weighted by Gasteiger charge is -2.17. The van der Waals surface area contributed by atoms with E-state index in [0.29, 0.717) is 5.69 Å². The van der Waals surface area contributed by atoms with Crippen LogP contribution in [0.3, 0.4) is 0 Å². The first-order valence-corrected chi connectivity index (χ1v) is 9.19. The van der Waals surface area contributed by atoms with Gasteiger partial charge in [-0.25, -0.2) is 17.5 Å². The average molecular weight is 376 g/mol. The zero-order valence-electron chi connectivity index (χ0n) is 14.7. The molecule has 0 saturated heterocycles. The highest BCUT2D eigenvalue weighted by Gasteiger charge is 2.19. The molecule has 8 heteroatoms. The molecule has 0 aliphatic heterocycles. The Morgan fingerprint density at radius 2 is 1.50 bits per heavy atom. The van der Waals surface area contributed by atoms with Crippen LogP contribution in [0, 0.1) is 0 Å². The van der Waals surface area contributed by atoms with Crippen LogP contribution in [0.25, 0.3) is 0 Å². The molecule has 0 fully saturated rings. The van der Waals surface area contributed by atoms with Gasteiger partial charge in [0.1, 0.15) is 0 Å². The van der Waals surface area contributed by atoms with Crippen LogP contribution in [0.1, 0.15) is 10.4 Å². The molecular formula is C18H20N2O5S. The largest absolute Gasteiger partial charge is 0.452 e. The summed E-state index contributed by atoms with van der Waals surface area (Å²) in [5.74, 6) is -1.08. The first kappa shape index (κ1) is 19.6. The van der Waals surface area contributed by atoms with Crippen LogP contribution in [0.5, 0.6) is 0 Å². The number of hydrogen-bond acceptors (Lipinski definition) is 5. The number of nitrogens with zero attached hydrogens (tertiary/aromatic N) is 2. The van der Waals surface area contributed by atoms with E-state index in [-0.39, 0.29) is 16.4 Å². The van der Waals surface area contributed by atoms with Gasteiger partial charge >= 0.3 is 5.97 Å². The van der Waals surface area contributed by atoms with Crippen LogP contribution in [0.4, 0.5) is 5.69 Å². The van der Waals surface area contributed by atoms with Crippen LogP contribution in [0.2, 0.25) is 0 Å². The fourth-order valence-corrected chi connectivity index (χ4v) is 2.98. The van der Waals surface area contributed by atoms with Crippen molar-refractivity contribution in [3.8, 4) is 0 Å². The summed E-state index contributed by atoms with van der Waals surface area (Å²) in [6.45, 7) is -0.415. The van der Waals surface area contributed by atoms with Crippen molar-refractivity contribution in [2.75, 3.05) is 32.6 Å². The second-order valence-electron chi connectivity index (χ2n) is 5.68. The molecule has 1 amide bonds. The highest BCUT2D eigenvalue weighted by atomic mass is 32.2. The fraction of sp³-hybridized carbons (Fsp3) is 0.222. The van der Waals surface area contributed by atoms with Crippen molar-refractivity contribution in [3.63, 3.8) is 0 Å². The van der Waals surface area contributed by atoms with Crippen LogP contribution in [0.15, 0.2) is 59.5 Å². The van der Waals surface area contributed by atoms with Crippen LogP contribution in [-0.4, -0.2) is 52.3 Å². The van der Waals surface area contributed by atoms with Gasteiger partial charge in [-0.05, 0) is 36.4 Å². The Balaban J connectivity index is 1.99. The SMILES string of the molecule is CN(C(=O)COC(=O)c1ccc(S(=O)(=O)N(C)C)cc1)c1ccccc1. The van der Waals surface area contributed by atoms with Crippen molar-refractivity contribution in [2.45, 2.75) is 4.90 Å². The molecule has 0 radical (unpaired) electrons. The number of ether oxygens (including phenoxy) is 1. The maximum absolute atomic E-state index is 12.1. The predicted octanol–water partition coefficient (Wildman–Crippen LogP) is 1.76. The zero-order valence-corrected chi connectivity index (χ0v) is 15.6. The Morgan fingerprint density at radius 1 is 0.923 bits per heavy atom. The summed E-state index contributed by atoms with van der Waals surface area (Å²) in [5.41, 5.74) is 0.852. The Bertz CT molecular complexity index is 878. The lowest BCUT2D eigenvalue weighted by Crippen LogP contribution is -2.31. The van der Waals surface area contributed by atoms with Gasteiger partial charge in [-0.1, -0.05) is 18.2 Å².